The summed E-state index contributed by atoms with van der Waals surface area (Å²) >= 11 is 0. The van der Waals surface area contributed by atoms with E-state index in [-0.39, 0.29) is 24.7 Å². The molecule has 0 bridgehead atoms. The maximum absolute atomic E-state index is 11.1. The highest BCUT2D eigenvalue weighted by Gasteiger charge is 2.36. The Balaban J connectivity index is 1.97. The molecule has 2 aliphatic rings. The number of morpholine rings is 1. The van der Waals surface area contributed by atoms with E-state index in [2.05, 4.69) is 5.32 Å². The van der Waals surface area contributed by atoms with Crippen LogP contribution in [0.4, 0.5) is 0 Å². The second kappa shape index (κ2) is 3.24. The average Bonchev–Trinajstić information content (AvgIpc) is 2.28. The summed E-state index contributed by atoms with van der Waals surface area (Å²) < 4.78 is 11.1. The minimum Gasteiger partial charge on any atom is -0.491 e. The van der Waals surface area contributed by atoms with Gasteiger partial charge in [0.15, 0.2) is 0 Å². The summed E-state index contributed by atoms with van der Waals surface area (Å²) in [5.74, 6) is 0.786. The highest BCUT2D eigenvalue weighted by Crippen LogP contribution is 2.35. The molecule has 4 heteroatoms. The second-order valence-corrected chi connectivity index (χ2v) is 3.75. The van der Waals surface area contributed by atoms with Crippen LogP contribution in [0.15, 0.2) is 24.3 Å². The van der Waals surface area contributed by atoms with Gasteiger partial charge < -0.3 is 14.8 Å². The van der Waals surface area contributed by atoms with Gasteiger partial charge >= 0.3 is 0 Å². The number of amides is 1. The molecular formula is C11H11NO3. The van der Waals surface area contributed by atoms with Gasteiger partial charge in [-0.15, -0.1) is 0 Å². The molecule has 0 aliphatic carbocycles. The van der Waals surface area contributed by atoms with Crippen LogP contribution < -0.4 is 10.1 Å². The molecular weight excluding hydrogens is 194 g/mol. The average molecular weight is 205 g/mol. The van der Waals surface area contributed by atoms with Crippen LogP contribution in [0.25, 0.3) is 0 Å². The zero-order chi connectivity index (χ0) is 10.3. The fraction of sp³-hybridized carbons (Fsp3) is 0.364. The third-order valence-electron chi connectivity index (χ3n) is 2.75. The van der Waals surface area contributed by atoms with E-state index in [1.54, 1.807) is 0 Å². The summed E-state index contributed by atoms with van der Waals surface area (Å²) in [6.07, 6.45) is -0.0624. The summed E-state index contributed by atoms with van der Waals surface area (Å²) in [6, 6.07) is 7.72. The topological polar surface area (TPSA) is 47.6 Å². The Bertz CT molecular complexity index is 405. The van der Waals surface area contributed by atoms with E-state index in [1.165, 1.54) is 0 Å². The molecule has 1 amide bonds. The van der Waals surface area contributed by atoms with Crippen LogP contribution in [0.2, 0.25) is 0 Å². The number of rotatable bonds is 0. The van der Waals surface area contributed by atoms with E-state index in [0.29, 0.717) is 6.61 Å². The van der Waals surface area contributed by atoms with E-state index in [0.717, 1.165) is 11.3 Å². The molecule has 1 aromatic carbocycles. The molecule has 0 spiro atoms. The van der Waals surface area contributed by atoms with E-state index in [1.807, 2.05) is 24.3 Å². The Kier molecular flexibility index (Phi) is 1.89. The van der Waals surface area contributed by atoms with Crippen LogP contribution in [0.5, 0.6) is 5.75 Å². The molecule has 2 aliphatic heterocycles. The summed E-state index contributed by atoms with van der Waals surface area (Å²) in [7, 11) is 0. The van der Waals surface area contributed by atoms with Crippen molar-refractivity contribution in [3.8, 4) is 5.75 Å². The molecule has 0 aromatic heterocycles. The van der Waals surface area contributed by atoms with Crippen LogP contribution in [0.3, 0.4) is 0 Å². The molecule has 3 rings (SSSR count). The first kappa shape index (κ1) is 8.73. The number of carbonyl (C=O) groups is 1. The third-order valence-corrected chi connectivity index (χ3v) is 2.75. The smallest absolute Gasteiger partial charge is 0.246 e. The quantitative estimate of drug-likeness (QED) is 0.676. The molecule has 1 N–H and O–H groups in total. The van der Waals surface area contributed by atoms with Crippen molar-refractivity contribution >= 4 is 5.91 Å². The number of carbonyl (C=O) groups excluding carboxylic acids is 1. The van der Waals surface area contributed by atoms with Gasteiger partial charge in [-0.2, -0.15) is 0 Å². The van der Waals surface area contributed by atoms with Crippen molar-refractivity contribution in [3.05, 3.63) is 29.8 Å². The maximum Gasteiger partial charge on any atom is 0.246 e. The predicted molar refractivity (Wildman–Crippen MR) is 52.6 cm³/mol. The molecule has 2 heterocycles. The molecule has 2 atom stereocenters. The summed E-state index contributed by atoms with van der Waals surface area (Å²) in [5.41, 5.74) is 1.02. The predicted octanol–water partition coefficient (Wildman–Crippen LogP) is 0.635. The maximum atomic E-state index is 11.1. The summed E-state index contributed by atoms with van der Waals surface area (Å²) in [5, 5.41) is 2.87. The Hall–Kier alpha value is -1.55. The number of hydrogen-bond acceptors (Lipinski definition) is 3. The fourth-order valence-corrected chi connectivity index (χ4v) is 2.07. The molecule has 0 radical (unpaired) electrons. The third kappa shape index (κ3) is 1.37. The van der Waals surface area contributed by atoms with Gasteiger partial charge in [-0.05, 0) is 6.07 Å². The number of ether oxygens (including phenoxy) is 2. The zero-order valence-electron chi connectivity index (χ0n) is 8.10. The highest BCUT2D eigenvalue weighted by molar-refractivity contribution is 5.78. The highest BCUT2D eigenvalue weighted by atomic mass is 16.5. The van der Waals surface area contributed by atoms with Gasteiger partial charge in [0.25, 0.3) is 0 Å². The van der Waals surface area contributed by atoms with Crippen molar-refractivity contribution in [2.75, 3.05) is 13.2 Å². The first-order chi connectivity index (χ1) is 7.34. The SMILES string of the molecule is O=C1CO[C@@H]2c3ccccc3OC[C@@H]2N1. The zero-order valence-corrected chi connectivity index (χ0v) is 8.10. The fourth-order valence-electron chi connectivity index (χ4n) is 2.07. The van der Waals surface area contributed by atoms with E-state index >= 15 is 0 Å². The lowest BCUT2D eigenvalue weighted by atomic mass is 9.98. The minimum atomic E-state index is -0.0702. The standard InChI is InChI=1S/C11H11NO3/c13-10-6-15-11-7-3-1-2-4-9(7)14-5-8(11)12-10/h1-4,8,11H,5-6H2,(H,12,13)/t8-,11+/m0/s1. The lowest BCUT2D eigenvalue weighted by Gasteiger charge is -2.36. The van der Waals surface area contributed by atoms with E-state index in [4.69, 9.17) is 9.47 Å². The van der Waals surface area contributed by atoms with E-state index in [9.17, 15) is 4.79 Å². The molecule has 1 aromatic rings. The van der Waals surface area contributed by atoms with Crippen molar-refractivity contribution in [3.63, 3.8) is 0 Å². The van der Waals surface area contributed by atoms with Crippen molar-refractivity contribution < 1.29 is 14.3 Å². The lowest BCUT2D eigenvalue weighted by Crippen LogP contribution is -2.52. The molecule has 78 valence electrons. The van der Waals surface area contributed by atoms with Gasteiger partial charge in [0, 0.05) is 5.56 Å². The summed E-state index contributed by atoms with van der Waals surface area (Å²) in [4.78, 5) is 11.1. The Morgan fingerprint density at radius 3 is 3.13 bits per heavy atom. The molecule has 4 nitrogen and oxygen atoms in total. The van der Waals surface area contributed by atoms with Crippen molar-refractivity contribution in [1.82, 2.24) is 5.32 Å². The normalized spacial score (nSPS) is 28.4. The Morgan fingerprint density at radius 1 is 1.33 bits per heavy atom. The minimum absolute atomic E-state index is 0.0545. The Morgan fingerprint density at radius 2 is 2.20 bits per heavy atom. The first-order valence-corrected chi connectivity index (χ1v) is 4.97. The molecule has 1 saturated heterocycles. The van der Waals surface area contributed by atoms with Gasteiger partial charge in [-0.3, -0.25) is 4.79 Å². The van der Waals surface area contributed by atoms with Crippen LogP contribution in [0.1, 0.15) is 11.7 Å². The monoisotopic (exact) mass is 205 g/mol. The number of nitrogens with one attached hydrogen (secondary N) is 1. The number of para-hydroxylation sites is 1. The van der Waals surface area contributed by atoms with Crippen LogP contribution in [-0.4, -0.2) is 25.2 Å². The molecule has 15 heavy (non-hydrogen) atoms. The van der Waals surface area contributed by atoms with Gasteiger partial charge in [0.05, 0.1) is 6.04 Å². The largest absolute Gasteiger partial charge is 0.491 e. The number of benzene rings is 1. The van der Waals surface area contributed by atoms with Crippen molar-refractivity contribution in [1.29, 1.82) is 0 Å². The Labute approximate surface area is 87.2 Å². The van der Waals surface area contributed by atoms with Crippen LogP contribution in [0, 0.1) is 0 Å². The van der Waals surface area contributed by atoms with Crippen LogP contribution >= 0.6 is 0 Å². The second-order valence-electron chi connectivity index (χ2n) is 3.75. The van der Waals surface area contributed by atoms with Gasteiger partial charge in [-0.1, -0.05) is 18.2 Å². The van der Waals surface area contributed by atoms with Gasteiger partial charge in [0.2, 0.25) is 5.91 Å². The van der Waals surface area contributed by atoms with Crippen molar-refractivity contribution in [2.24, 2.45) is 0 Å². The van der Waals surface area contributed by atoms with E-state index < -0.39 is 0 Å². The van der Waals surface area contributed by atoms with Crippen molar-refractivity contribution in [2.45, 2.75) is 12.1 Å². The first-order valence-electron chi connectivity index (χ1n) is 4.97. The number of hydrogen-bond donors (Lipinski definition) is 1. The molecule has 0 unspecified atom stereocenters. The lowest BCUT2D eigenvalue weighted by molar-refractivity contribution is -0.139. The molecule has 0 saturated carbocycles. The number of fused-ring (bicyclic) bond motifs is 3. The summed E-state index contributed by atoms with van der Waals surface area (Å²) in [6.45, 7) is 0.614. The van der Waals surface area contributed by atoms with Gasteiger partial charge in [-0.25, -0.2) is 0 Å². The van der Waals surface area contributed by atoms with Crippen LogP contribution in [-0.2, 0) is 9.53 Å². The van der Waals surface area contributed by atoms with Gasteiger partial charge in [0.1, 0.15) is 25.1 Å². The molecule has 1 fully saturated rings.